The van der Waals surface area contributed by atoms with Gasteiger partial charge in [0.1, 0.15) is 42.7 Å². The summed E-state index contributed by atoms with van der Waals surface area (Å²) in [5, 5.41) is 50.3. The van der Waals surface area contributed by atoms with E-state index in [-0.39, 0.29) is 13.0 Å². The summed E-state index contributed by atoms with van der Waals surface area (Å²) in [6, 6.07) is 0. The van der Waals surface area contributed by atoms with E-state index in [9.17, 15) is 39.8 Å². The Bertz CT molecular complexity index is 1040. The molecule has 0 heterocycles. The van der Waals surface area contributed by atoms with Gasteiger partial charge in [0.15, 0.2) is 0 Å². The average molecular weight is 909 g/mol. The third-order valence-electron chi connectivity index (χ3n) is 12.5. The Morgan fingerprint density at radius 3 is 1.11 bits per heavy atom. The van der Waals surface area contributed by atoms with Gasteiger partial charge in [-0.25, -0.2) is 4.57 Å². The molecule has 62 heavy (non-hydrogen) atoms. The molecular weight excluding hydrogens is 812 g/mol. The van der Waals surface area contributed by atoms with E-state index in [0.29, 0.717) is 13.0 Å². The molecule has 1 rings (SSSR count). The minimum atomic E-state index is -5.01. The first-order valence-electron chi connectivity index (χ1n) is 25.9. The van der Waals surface area contributed by atoms with E-state index >= 15 is 0 Å². The molecule has 0 aromatic heterocycles. The van der Waals surface area contributed by atoms with Crippen LogP contribution in [0.3, 0.4) is 0 Å². The van der Waals surface area contributed by atoms with Gasteiger partial charge in [0, 0.05) is 13.0 Å². The molecule has 6 N–H and O–H groups in total. The molecule has 0 bridgehead atoms. The maximum atomic E-state index is 12.8. The minimum absolute atomic E-state index is 0.0675. The zero-order chi connectivity index (χ0) is 45.5. The normalized spacial score (nSPS) is 21.9. The van der Waals surface area contributed by atoms with Crippen molar-refractivity contribution in [3.63, 3.8) is 0 Å². The van der Waals surface area contributed by atoms with E-state index in [0.717, 1.165) is 38.5 Å². The lowest BCUT2D eigenvalue weighted by atomic mass is 9.85. The van der Waals surface area contributed by atoms with E-state index in [1.807, 2.05) is 0 Å². The molecule has 1 saturated carbocycles. The van der Waals surface area contributed by atoms with Crippen molar-refractivity contribution in [2.75, 3.05) is 19.8 Å². The third kappa shape index (κ3) is 32.1. The maximum Gasteiger partial charge on any atom is 0.472 e. The molecule has 0 aliphatic heterocycles. The second kappa shape index (κ2) is 40.6. The summed E-state index contributed by atoms with van der Waals surface area (Å²) < 4.78 is 34.3. The van der Waals surface area contributed by atoms with Crippen LogP contribution in [0, 0.1) is 0 Å². The first-order valence-corrected chi connectivity index (χ1v) is 27.4. The van der Waals surface area contributed by atoms with Crippen LogP contribution < -0.4 is 0 Å². The van der Waals surface area contributed by atoms with Gasteiger partial charge >= 0.3 is 13.8 Å². The number of unbranched alkanes of at least 4 members (excludes halogenated alkanes) is 33. The van der Waals surface area contributed by atoms with Crippen LogP contribution in [-0.2, 0) is 27.9 Å². The highest BCUT2D eigenvalue weighted by Gasteiger charge is 2.51. The molecule has 0 aromatic rings. The Morgan fingerprint density at radius 1 is 0.452 bits per heavy atom. The SMILES string of the molecule is CCCCCCCCCCCCCCCCCCCCCC(=O)OC(COCCCCCCCCCCCCCCCCCC)COP(=O)(O)OC1C(O)C(O)C(O)C(O)C1O. The van der Waals surface area contributed by atoms with Crippen molar-refractivity contribution in [2.24, 2.45) is 0 Å². The van der Waals surface area contributed by atoms with Crippen molar-refractivity contribution in [1.82, 2.24) is 0 Å². The van der Waals surface area contributed by atoms with Gasteiger partial charge in [0.25, 0.3) is 0 Å². The average Bonchev–Trinajstić information content (AvgIpc) is 3.26. The lowest BCUT2D eigenvalue weighted by Crippen LogP contribution is -2.64. The van der Waals surface area contributed by atoms with E-state index in [2.05, 4.69) is 13.8 Å². The number of phosphoric ester groups is 1. The van der Waals surface area contributed by atoms with Gasteiger partial charge in [-0.05, 0) is 12.8 Å². The maximum absolute atomic E-state index is 12.8. The van der Waals surface area contributed by atoms with Crippen molar-refractivity contribution in [3.8, 4) is 0 Å². The minimum Gasteiger partial charge on any atom is -0.457 e. The van der Waals surface area contributed by atoms with Crippen molar-refractivity contribution < 1.29 is 58.3 Å². The van der Waals surface area contributed by atoms with Crippen molar-refractivity contribution in [2.45, 2.75) is 288 Å². The predicted molar refractivity (Wildman–Crippen MR) is 249 cm³/mol. The van der Waals surface area contributed by atoms with Gasteiger partial charge < -0.3 is 39.9 Å². The number of rotatable bonds is 45. The van der Waals surface area contributed by atoms with Gasteiger partial charge in [-0.2, -0.15) is 0 Å². The molecule has 1 aliphatic carbocycles. The number of ether oxygens (including phenoxy) is 2. The molecule has 1 aliphatic rings. The van der Waals surface area contributed by atoms with Gasteiger partial charge in [-0.15, -0.1) is 0 Å². The fraction of sp³-hybridized carbons (Fsp3) is 0.980. The topological polar surface area (TPSA) is 192 Å². The number of hydrogen-bond donors (Lipinski definition) is 6. The van der Waals surface area contributed by atoms with Gasteiger partial charge in [0.2, 0.25) is 0 Å². The molecule has 1 fully saturated rings. The number of aliphatic hydroxyl groups is 5. The Labute approximate surface area is 378 Å². The van der Waals surface area contributed by atoms with Crippen LogP contribution >= 0.6 is 7.82 Å². The standard InChI is InChI=1S/C49H97O12P/c1-3-5-7-9-11-13-15-17-19-21-22-23-24-26-28-30-32-34-36-38-43(50)60-42(41-59-62(56,57)61-49-47(54)45(52)44(51)46(53)48(49)55)40-58-39-37-35-33-31-29-27-25-20-18-16-14-12-10-8-6-4-2/h42,44-49,51-55H,3-41H2,1-2H3,(H,56,57). The molecule has 13 heteroatoms. The highest BCUT2D eigenvalue weighted by molar-refractivity contribution is 7.47. The number of carbonyl (C=O) groups excluding carboxylic acids is 1. The first kappa shape index (κ1) is 59.4. The van der Waals surface area contributed by atoms with Gasteiger partial charge in [-0.1, -0.05) is 226 Å². The van der Waals surface area contributed by atoms with Crippen molar-refractivity contribution in [1.29, 1.82) is 0 Å². The number of esters is 1. The quantitative estimate of drug-likeness (QED) is 0.0193. The van der Waals surface area contributed by atoms with Gasteiger partial charge in [0.05, 0.1) is 13.2 Å². The predicted octanol–water partition coefficient (Wildman–Crippen LogP) is 11.3. The molecule has 6 atom stereocenters. The van der Waals surface area contributed by atoms with Crippen molar-refractivity contribution in [3.05, 3.63) is 0 Å². The van der Waals surface area contributed by atoms with E-state index in [1.165, 1.54) is 180 Å². The molecule has 0 saturated heterocycles. The Kier molecular flexibility index (Phi) is 38.9. The summed E-state index contributed by atoms with van der Waals surface area (Å²) in [6.45, 7) is 4.32. The van der Waals surface area contributed by atoms with Crippen LogP contribution in [-0.4, -0.2) is 98.9 Å². The summed E-state index contributed by atoms with van der Waals surface area (Å²) in [4.78, 5) is 23.2. The zero-order valence-corrected chi connectivity index (χ0v) is 40.6. The fourth-order valence-corrected chi connectivity index (χ4v) is 9.33. The molecule has 0 radical (unpaired) electrons. The van der Waals surface area contributed by atoms with Crippen molar-refractivity contribution >= 4 is 13.8 Å². The highest BCUT2D eigenvalue weighted by Crippen LogP contribution is 2.47. The molecular formula is C49H97O12P. The lowest BCUT2D eigenvalue weighted by molar-refractivity contribution is -0.220. The second-order valence-electron chi connectivity index (χ2n) is 18.4. The Morgan fingerprint density at radius 2 is 0.758 bits per heavy atom. The summed E-state index contributed by atoms with van der Waals surface area (Å²) in [7, 11) is -5.01. The number of aliphatic hydroxyl groups excluding tert-OH is 5. The molecule has 370 valence electrons. The van der Waals surface area contributed by atoms with Crippen LogP contribution in [0.2, 0.25) is 0 Å². The summed E-state index contributed by atoms with van der Waals surface area (Å²) in [5.41, 5.74) is 0. The lowest BCUT2D eigenvalue weighted by Gasteiger charge is -2.41. The highest BCUT2D eigenvalue weighted by atomic mass is 31.2. The van der Waals surface area contributed by atoms with E-state index in [1.54, 1.807) is 0 Å². The Balaban J connectivity index is 2.32. The molecule has 6 unspecified atom stereocenters. The summed E-state index contributed by atoms with van der Waals surface area (Å²) in [6.07, 6.45) is 31.7. The zero-order valence-electron chi connectivity index (χ0n) is 39.7. The van der Waals surface area contributed by atoms with Gasteiger partial charge in [-0.3, -0.25) is 13.8 Å². The van der Waals surface area contributed by atoms with E-state index < -0.39 is 63.1 Å². The Hall–Kier alpha value is -0.660. The van der Waals surface area contributed by atoms with Crippen LogP contribution in [0.15, 0.2) is 0 Å². The monoisotopic (exact) mass is 909 g/mol. The smallest absolute Gasteiger partial charge is 0.457 e. The van der Waals surface area contributed by atoms with Crippen LogP contribution in [0.4, 0.5) is 0 Å². The summed E-state index contributed by atoms with van der Waals surface area (Å²) in [5.74, 6) is -0.469. The number of hydrogen-bond acceptors (Lipinski definition) is 11. The van der Waals surface area contributed by atoms with Crippen LogP contribution in [0.25, 0.3) is 0 Å². The number of carbonyl (C=O) groups is 1. The second-order valence-corrected chi connectivity index (χ2v) is 19.8. The number of phosphoric acid groups is 1. The molecule has 0 spiro atoms. The fourth-order valence-electron chi connectivity index (χ4n) is 8.36. The third-order valence-corrected chi connectivity index (χ3v) is 13.5. The largest absolute Gasteiger partial charge is 0.472 e. The van der Waals surface area contributed by atoms with Crippen LogP contribution in [0.5, 0.6) is 0 Å². The molecule has 0 amide bonds. The van der Waals surface area contributed by atoms with E-state index in [4.69, 9.17) is 18.5 Å². The molecule has 0 aromatic carbocycles. The summed E-state index contributed by atoms with van der Waals surface area (Å²) >= 11 is 0. The van der Waals surface area contributed by atoms with Crippen LogP contribution in [0.1, 0.15) is 245 Å². The first-order chi connectivity index (χ1) is 30.0. The molecule has 12 nitrogen and oxygen atoms in total.